The van der Waals surface area contributed by atoms with Crippen molar-refractivity contribution < 1.29 is 23.8 Å². The maximum Gasteiger partial charge on any atom is 0.267 e. The number of aryl methyl sites for hydroxylation is 2. The van der Waals surface area contributed by atoms with E-state index in [9.17, 15) is 9.59 Å². The molecule has 1 unspecified atom stereocenters. The number of nitrogens with zero attached hydrogens (tertiary/aromatic N) is 1. The van der Waals surface area contributed by atoms with Gasteiger partial charge in [0.2, 0.25) is 6.10 Å². The van der Waals surface area contributed by atoms with Gasteiger partial charge in [-0.2, -0.15) is 0 Å². The first-order valence-corrected chi connectivity index (χ1v) is 10.4. The first-order valence-electron chi connectivity index (χ1n) is 10.4. The molecule has 2 aromatic rings. The summed E-state index contributed by atoms with van der Waals surface area (Å²) in [7, 11) is 0. The van der Waals surface area contributed by atoms with E-state index in [0.29, 0.717) is 55.2 Å². The highest BCUT2D eigenvalue weighted by Crippen LogP contribution is 2.41. The topological polar surface area (TPSA) is 65.1 Å². The standard InChI is InChI=1S/C24H25NO5/c1-15-11-16(2)22-17(12-15)18(26)13-24(30-22)7-9-25(10-8-24)23(27)21-14-28-19-5-3-4-6-20(19)29-21/h3-6,11-12,21H,7-10,13-14H2,1-2H3. The third-order valence-electron chi connectivity index (χ3n) is 6.29. The molecule has 5 rings (SSSR count). The fourth-order valence-corrected chi connectivity index (χ4v) is 4.70. The Kier molecular flexibility index (Phi) is 4.45. The minimum absolute atomic E-state index is 0.0753. The van der Waals surface area contributed by atoms with Crippen LogP contribution >= 0.6 is 0 Å². The molecule has 0 radical (unpaired) electrons. The molecule has 30 heavy (non-hydrogen) atoms. The highest BCUT2D eigenvalue weighted by atomic mass is 16.6. The van der Waals surface area contributed by atoms with Crippen molar-refractivity contribution in [1.82, 2.24) is 4.90 Å². The number of likely N-dealkylation sites (tertiary alicyclic amines) is 1. The minimum atomic E-state index is -0.645. The normalized spacial score (nSPS) is 21.7. The van der Waals surface area contributed by atoms with E-state index in [-0.39, 0.29) is 18.3 Å². The van der Waals surface area contributed by atoms with E-state index in [1.54, 1.807) is 4.90 Å². The van der Waals surface area contributed by atoms with E-state index in [1.807, 2.05) is 50.2 Å². The SMILES string of the molecule is Cc1cc(C)c2c(c1)C(=O)CC1(CCN(C(=O)C3COc4ccccc4O3)CC1)O2. The molecule has 3 heterocycles. The van der Waals surface area contributed by atoms with Crippen molar-refractivity contribution in [3.8, 4) is 17.2 Å². The lowest BCUT2D eigenvalue weighted by Gasteiger charge is -2.45. The lowest BCUT2D eigenvalue weighted by Crippen LogP contribution is -2.55. The Morgan fingerprint density at radius 1 is 1.10 bits per heavy atom. The van der Waals surface area contributed by atoms with E-state index < -0.39 is 11.7 Å². The summed E-state index contributed by atoms with van der Waals surface area (Å²) in [4.78, 5) is 27.7. The molecular weight excluding hydrogens is 382 g/mol. The molecule has 6 heteroatoms. The van der Waals surface area contributed by atoms with E-state index >= 15 is 0 Å². The van der Waals surface area contributed by atoms with Crippen molar-refractivity contribution in [3.63, 3.8) is 0 Å². The van der Waals surface area contributed by atoms with Gasteiger partial charge < -0.3 is 19.1 Å². The van der Waals surface area contributed by atoms with Crippen LogP contribution in [0.15, 0.2) is 36.4 Å². The Labute approximate surface area is 175 Å². The zero-order chi connectivity index (χ0) is 20.9. The molecule has 0 aromatic heterocycles. The first kappa shape index (κ1) is 19.0. The van der Waals surface area contributed by atoms with Gasteiger partial charge in [0.1, 0.15) is 18.0 Å². The number of Topliss-reactive ketones (excluding diaryl/α,β-unsaturated/α-hetero) is 1. The van der Waals surface area contributed by atoms with Crippen molar-refractivity contribution >= 4 is 11.7 Å². The van der Waals surface area contributed by atoms with Gasteiger partial charge in [0, 0.05) is 25.9 Å². The summed E-state index contributed by atoms with van der Waals surface area (Å²) in [6, 6.07) is 11.3. The zero-order valence-corrected chi connectivity index (χ0v) is 17.3. The van der Waals surface area contributed by atoms with Gasteiger partial charge in [-0.15, -0.1) is 0 Å². The lowest BCUT2D eigenvalue weighted by molar-refractivity contribution is -0.144. The molecule has 2 aromatic carbocycles. The van der Waals surface area contributed by atoms with Gasteiger partial charge in [-0.25, -0.2) is 0 Å². The largest absolute Gasteiger partial charge is 0.486 e. The summed E-state index contributed by atoms with van der Waals surface area (Å²) in [6.07, 6.45) is 0.971. The fourth-order valence-electron chi connectivity index (χ4n) is 4.70. The molecule has 1 atom stereocenters. The van der Waals surface area contributed by atoms with Crippen LogP contribution in [-0.2, 0) is 4.79 Å². The second-order valence-electron chi connectivity index (χ2n) is 8.53. The molecule has 1 spiro atoms. The molecule has 156 valence electrons. The van der Waals surface area contributed by atoms with Crippen LogP contribution in [0, 0.1) is 13.8 Å². The van der Waals surface area contributed by atoms with Crippen LogP contribution in [-0.4, -0.2) is 48.0 Å². The number of carbonyl (C=O) groups is 2. The number of ether oxygens (including phenoxy) is 3. The van der Waals surface area contributed by atoms with Crippen LogP contribution in [0.4, 0.5) is 0 Å². The van der Waals surface area contributed by atoms with Crippen molar-refractivity contribution in [2.24, 2.45) is 0 Å². The lowest BCUT2D eigenvalue weighted by atomic mass is 9.81. The van der Waals surface area contributed by atoms with E-state index in [1.165, 1.54) is 0 Å². The number of amides is 1. The maximum absolute atomic E-state index is 13.0. The van der Waals surface area contributed by atoms with Gasteiger partial charge in [0.15, 0.2) is 17.3 Å². The van der Waals surface area contributed by atoms with Gasteiger partial charge in [0.25, 0.3) is 5.91 Å². The molecule has 6 nitrogen and oxygen atoms in total. The molecule has 1 amide bonds. The summed E-state index contributed by atoms with van der Waals surface area (Å²) in [5, 5.41) is 0. The molecule has 0 saturated carbocycles. The number of hydrogen-bond donors (Lipinski definition) is 0. The van der Waals surface area contributed by atoms with Gasteiger partial charge in [0.05, 0.1) is 12.0 Å². The number of para-hydroxylation sites is 2. The Balaban J connectivity index is 1.28. The number of hydrogen-bond acceptors (Lipinski definition) is 5. The first-order chi connectivity index (χ1) is 14.4. The fraction of sp³-hybridized carbons (Fsp3) is 0.417. The zero-order valence-electron chi connectivity index (χ0n) is 17.3. The summed E-state index contributed by atoms with van der Waals surface area (Å²) in [6.45, 7) is 5.25. The van der Waals surface area contributed by atoms with Crippen LogP contribution in [0.25, 0.3) is 0 Å². The predicted molar refractivity (Wildman–Crippen MR) is 110 cm³/mol. The smallest absolute Gasteiger partial charge is 0.267 e. The highest BCUT2D eigenvalue weighted by molar-refractivity contribution is 6.01. The Morgan fingerprint density at radius 2 is 1.83 bits per heavy atom. The van der Waals surface area contributed by atoms with Crippen LogP contribution in [0.5, 0.6) is 17.2 Å². The number of benzene rings is 2. The van der Waals surface area contributed by atoms with E-state index in [4.69, 9.17) is 14.2 Å². The van der Waals surface area contributed by atoms with Crippen LogP contribution in [0.3, 0.4) is 0 Å². The molecule has 1 saturated heterocycles. The van der Waals surface area contributed by atoms with Crippen molar-refractivity contribution in [2.45, 2.75) is 44.8 Å². The summed E-state index contributed by atoms with van der Waals surface area (Å²) >= 11 is 0. The van der Waals surface area contributed by atoms with Crippen LogP contribution < -0.4 is 14.2 Å². The molecular formula is C24H25NO5. The Morgan fingerprint density at radius 3 is 2.60 bits per heavy atom. The summed E-state index contributed by atoms with van der Waals surface area (Å²) in [5.41, 5.74) is 2.21. The van der Waals surface area contributed by atoms with Crippen LogP contribution in [0.2, 0.25) is 0 Å². The van der Waals surface area contributed by atoms with Crippen LogP contribution in [0.1, 0.15) is 40.7 Å². The second kappa shape index (κ2) is 7.04. The Bertz CT molecular complexity index is 1020. The third kappa shape index (κ3) is 3.20. The molecule has 3 aliphatic rings. The molecule has 0 aliphatic carbocycles. The minimum Gasteiger partial charge on any atom is -0.486 e. The maximum atomic E-state index is 13.0. The van der Waals surface area contributed by atoms with Crippen molar-refractivity contribution in [2.75, 3.05) is 19.7 Å². The van der Waals surface area contributed by atoms with Gasteiger partial charge >= 0.3 is 0 Å². The monoisotopic (exact) mass is 407 g/mol. The van der Waals surface area contributed by atoms with Gasteiger partial charge in [-0.05, 0) is 43.2 Å². The molecule has 1 fully saturated rings. The summed E-state index contributed by atoms with van der Waals surface area (Å²) < 4.78 is 18.0. The molecule has 0 N–H and O–H groups in total. The van der Waals surface area contributed by atoms with Gasteiger partial charge in [-0.1, -0.05) is 18.2 Å². The van der Waals surface area contributed by atoms with Crippen molar-refractivity contribution in [1.29, 1.82) is 0 Å². The quantitative estimate of drug-likeness (QED) is 0.724. The highest BCUT2D eigenvalue weighted by Gasteiger charge is 2.45. The number of piperidine rings is 1. The number of carbonyl (C=O) groups excluding carboxylic acids is 2. The number of rotatable bonds is 1. The average molecular weight is 407 g/mol. The number of ketones is 1. The predicted octanol–water partition coefficient (Wildman–Crippen LogP) is 3.47. The summed E-state index contributed by atoms with van der Waals surface area (Å²) in [5.74, 6) is 2.02. The van der Waals surface area contributed by atoms with E-state index in [0.717, 1.165) is 11.1 Å². The van der Waals surface area contributed by atoms with E-state index in [2.05, 4.69) is 0 Å². The average Bonchev–Trinajstić information content (AvgIpc) is 2.74. The van der Waals surface area contributed by atoms with Gasteiger partial charge in [-0.3, -0.25) is 9.59 Å². The number of fused-ring (bicyclic) bond motifs is 2. The van der Waals surface area contributed by atoms with Crippen molar-refractivity contribution in [3.05, 3.63) is 53.1 Å². The Hall–Kier alpha value is -3.02. The second-order valence-corrected chi connectivity index (χ2v) is 8.53. The third-order valence-corrected chi connectivity index (χ3v) is 6.29. The molecule has 3 aliphatic heterocycles. The molecule has 0 bridgehead atoms.